The largest absolute Gasteiger partial charge is 0.396 e. The lowest BCUT2D eigenvalue weighted by Gasteiger charge is -2.09. The molecule has 2 N–H and O–H groups in total. The van der Waals surface area contributed by atoms with E-state index in [1.807, 2.05) is 6.92 Å². The highest BCUT2D eigenvalue weighted by molar-refractivity contribution is 7.18. The van der Waals surface area contributed by atoms with Crippen LogP contribution in [0, 0.1) is 16.0 Å². The Kier molecular flexibility index (Phi) is 4.44. The van der Waals surface area contributed by atoms with E-state index in [4.69, 9.17) is 5.11 Å². The molecule has 1 aromatic heterocycles. The monoisotopic (exact) mass is 231 g/mol. The zero-order valence-electron chi connectivity index (χ0n) is 8.34. The van der Waals surface area contributed by atoms with Gasteiger partial charge in [0, 0.05) is 13.2 Å². The van der Waals surface area contributed by atoms with Crippen LogP contribution in [0.5, 0.6) is 0 Å². The number of aliphatic hydroxyl groups is 1. The number of nitrogens with zero attached hydrogens (tertiary/aromatic N) is 2. The number of thiazole rings is 1. The molecule has 1 heterocycles. The van der Waals surface area contributed by atoms with Crippen LogP contribution in [0.1, 0.15) is 13.3 Å². The first-order valence-corrected chi connectivity index (χ1v) is 5.40. The molecule has 7 heteroatoms. The third kappa shape index (κ3) is 3.80. The molecule has 0 saturated heterocycles. The van der Waals surface area contributed by atoms with Crippen LogP contribution >= 0.6 is 11.3 Å². The molecule has 0 aliphatic rings. The van der Waals surface area contributed by atoms with Crippen molar-refractivity contribution in [3.63, 3.8) is 0 Å². The fourth-order valence-electron chi connectivity index (χ4n) is 1.02. The van der Waals surface area contributed by atoms with Crippen molar-refractivity contribution >= 4 is 21.5 Å². The Balaban J connectivity index is 2.40. The van der Waals surface area contributed by atoms with E-state index in [0.29, 0.717) is 24.0 Å². The number of anilines is 1. The third-order valence-electron chi connectivity index (χ3n) is 1.90. The molecule has 0 aliphatic heterocycles. The number of hydrogen-bond donors (Lipinski definition) is 2. The van der Waals surface area contributed by atoms with Gasteiger partial charge in [0.05, 0.1) is 4.92 Å². The van der Waals surface area contributed by atoms with Crippen molar-refractivity contribution in [2.45, 2.75) is 13.3 Å². The van der Waals surface area contributed by atoms with Gasteiger partial charge in [-0.3, -0.25) is 10.1 Å². The lowest BCUT2D eigenvalue weighted by molar-refractivity contribution is -0.380. The second-order valence-corrected chi connectivity index (χ2v) is 4.27. The fourth-order valence-corrected chi connectivity index (χ4v) is 1.65. The second-order valence-electron chi connectivity index (χ2n) is 3.26. The van der Waals surface area contributed by atoms with E-state index in [-0.39, 0.29) is 11.6 Å². The molecule has 84 valence electrons. The van der Waals surface area contributed by atoms with Gasteiger partial charge in [-0.15, -0.1) is 0 Å². The molecule has 0 spiro atoms. The Hall–Kier alpha value is -1.21. The zero-order chi connectivity index (χ0) is 11.3. The minimum Gasteiger partial charge on any atom is -0.396 e. The summed E-state index contributed by atoms with van der Waals surface area (Å²) < 4.78 is 0. The summed E-state index contributed by atoms with van der Waals surface area (Å²) in [6.45, 7) is 2.80. The maximum absolute atomic E-state index is 10.4. The van der Waals surface area contributed by atoms with Crippen molar-refractivity contribution in [2.24, 2.45) is 5.92 Å². The lowest BCUT2D eigenvalue weighted by Crippen LogP contribution is -2.12. The molecule has 1 unspecified atom stereocenters. The van der Waals surface area contributed by atoms with Crippen molar-refractivity contribution in [3.05, 3.63) is 16.3 Å². The molecule has 0 bridgehead atoms. The van der Waals surface area contributed by atoms with Crippen LogP contribution in [0.4, 0.5) is 10.1 Å². The molecule has 0 amide bonds. The van der Waals surface area contributed by atoms with Crippen LogP contribution < -0.4 is 5.32 Å². The fraction of sp³-hybridized carbons (Fsp3) is 0.625. The lowest BCUT2D eigenvalue weighted by atomic mass is 10.1. The first-order valence-electron chi connectivity index (χ1n) is 4.58. The Morgan fingerprint density at radius 2 is 2.53 bits per heavy atom. The molecular formula is C8H13N3O3S. The van der Waals surface area contributed by atoms with Crippen LogP contribution in [-0.4, -0.2) is 28.2 Å². The minimum atomic E-state index is -0.458. The number of nitro groups is 1. The smallest absolute Gasteiger partial charge is 0.345 e. The molecule has 1 aromatic rings. The van der Waals surface area contributed by atoms with E-state index in [2.05, 4.69) is 10.3 Å². The van der Waals surface area contributed by atoms with Gasteiger partial charge in [-0.05, 0) is 23.7 Å². The maximum atomic E-state index is 10.4. The van der Waals surface area contributed by atoms with Crippen molar-refractivity contribution < 1.29 is 10.0 Å². The summed E-state index contributed by atoms with van der Waals surface area (Å²) in [6.07, 6.45) is 1.95. The average molecular weight is 231 g/mol. The van der Waals surface area contributed by atoms with Crippen LogP contribution in [0.3, 0.4) is 0 Å². The second kappa shape index (κ2) is 5.62. The zero-order valence-corrected chi connectivity index (χ0v) is 9.16. The van der Waals surface area contributed by atoms with Crippen molar-refractivity contribution in [1.29, 1.82) is 0 Å². The van der Waals surface area contributed by atoms with Crippen molar-refractivity contribution in [2.75, 3.05) is 18.5 Å². The molecule has 0 fully saturated rings. The third-order valence-corrected chi connectivity index (χ3v) is 2.80. The number of rotatable bonds is 6. The quantitative estimate of drug-likeness (QED) is 0.572. The maximum Gasteiger partial charge on any atom is 0.345 e. The van der Waals surface area contributed by atoms with E-state index in [9.17, 15) is 10.1 Å². The van der Waals surface area contributed by atoms with Gasteiger partial charge in [0.1, 0.15) is 6.20 Å². The molecule has 0 radical (unpaired) electrons. The Morgan fingerprint density at radius 1 is 1.80 bits per heavy atom. The van der Waals surface area contributed by atoms with Crippen LogP contribution in [-0.2, 0) is 0 Å². The molecule has 0 aliphatic carbocycles. The molecule has 1 rings (SSSR count). The summed E-state index contributed by atoms with van der Waals surface area (Å²) in [4.78, 5) is 13.8. The summed E-state index contributed by atoms with van der Waals surface area (Å²) in [6, 6.07) is 0. The standard InChI is InChI=1S/C8H13N3O3S/c1-6(2-3-12)4-9-8-10-5-7(15-8)11(13)14/h5-6,12H,2-4H2,1H3,(H,9,10). The number of nitrogens with one attached hydrogen (secondary N) is 1. The summed E-state index contributed by atoms with van der Waals surface area (Å²) in [5.74, 6) is 0.318. The van der Waals surface area contributed by atoms with Gasteiger partial charge in [-0.25, -0.2) is 4.98 Å². The highest BCUT2D eigenvalue weighted by atomic mass is 32.1. The average Bonchev–Trinajstić information content (AvgIpc) is 2.63. The molecule has 0 saturated carbocycles. The molecular weight excluding hydrogens is 218 g/mol. The summed E-state index contributed by atoms with van der Waals surface area (Å²) in [5.41, 5.74) is 0. The molecule has 1 atom stereocenters. The molecule has 15 heavy (non-hydrogen) atoms. The van der Waals surface area contributed by atoms with E-state index in [1.54, 1.807) is 0 Å². The highest BCUT2D eigenvalue weighted by Crippen LogP contribution is 2.25. The number of hydrogen-bond acceptors (Lipinski definition) is 6. The Bertz CT molecular complexity index is 329. The van der Waals surface area contributed by atoms with Gasteiger partial charge in [0.25, 0.3) is 0 Å². The summed E-state index contributed by atoms with van der Waals surface area (Å²) >= 11 is 1.02. The Labute approximate surface area is 91.1 Å². The van der Waals surface area contributed by atoms with E-state index in [0.717, 1.165) is 11.3 Å². The van der Waals surface area contributed by atoms with Crippen LogP contribution in [0.2, 0.25) is 0 Å². The summed E-state index contributed by atoms with van der Waals surface area (Å²) in [5, 5.41) is 22.6. The first-order chi connectivity index (χ1) is 7.13. The first kappa shape index (κ1) is 11.9. The predicted molar refractivity (Wildman–Crippen MR) is 58.1 cm³/mol. The van der Waals surface area contributed by atoms with Gasteiger partial charge < -0.3 is 10.4 Å². The topological polar surface area (TPSA) is 88.3 Å². The highest BCUT2D eigenvalue weighted by Gasteiger charge is 2.11. The van der Waals surface area contributed by atoms with E-state index in [1.165, 1.54) is 6.20 Å². The molecule has 6 nitrogen and oxygen atoms in total. The van der Waals surface area contributed by atoms with Crippen molar-refractivity contribution in [3.8, 4) is 0 Å². The predicted octanol–water partition coefficient (Wildman–Crippen LogP) is 1.48. The van der Waals surface area contributed by atoms with Crippen LogP contribution in [0.25, 0.3) is 0 Å². The normalized spacial score (nSPS) is 12.4. The number of aromatic nitrogens is 1. The number of aliphatic hydroxyl groups excluding tert-OH is 1. The summed E-state index contributed by atoms with van der Waals surface area (Å²) in [7, 11) is 0. The van der Waals surface area contributed by atoms with E-state index < -0.39 is 4.92 Å². The van der Waals surface area contributed by atoms with Gasteiger partial charge >= 0.3 is 5.00 Å². The van der Waals surface area contributed by atoms with Crippen molar-refractivity contribution in [1.82, 2.24) is 4.98 Å². The van der Waals surface area contributed by atoms with Gasteiger partial charge in [0.15, 0.2) is 5.13 Å². The SMILES string of the molecule is CC(CCO)CNc1ncc([N+](=O)[O-])s1. The van der Waals surface area contributed by atoms with Gasteiger partial charge in [-0.2, -0.15) is 0 Å². The van der Waals surface area contributed by atoms with Gasteiger partial charge in [0.2, 0.25) is 0 Å². The van der Waals surface area contributed by atoms with Crippen LogP contribution in [0.15, 0.2) is 6.20 Å². The Morgan fingerprint density at radius 3 is 3.07 bits per heavy atom. The molecule has 0 aromatic carbocycles. The van der Waals surface area contributed by atoms with E-state index >= 15 is 0 Å². The van der Waals surface area contributed by atoms with Gasteiger partial charge in [-0.1, -0.05) is 6.92 Å². The minimum absolute atomic E-state index is 0.0345.